The van der Waals surface area contributed by atoms with Gasteiger partial charge in [0, 0.05) is 11.9 Å². The van der Waals surface area contributed by atoms with Gasteiger partial charge >= 0.3 is 5.69 Å². The lowest BCUT2D eigenvalue weighted by molar-refractivity contribution is 0.270. The standard InChI is InChI=1S/C38H40FN5O3Si/c1-7-42-34(25-47-48(38(4,5)6,30-17-10-8-11-18-30)31-19-12-9-13-20-31)40-44(37(42)46)29-21-22-32-33(24-29)35(26(2)3)41-43(36(32)45)28-16-14-15-27(39)23-28/h8-24,26H,7,25H2,1-6H3. The summed E-state index contributed by atoms with van der Waals surface area (Å²) in [6, 6.07) is 31.7. The van der Waals surface area contributed by atoms with Gasteiger partial charge in [0.05, 0.1) is 29.1 Å². The zero-order valence-corrected chi connectivity index (χ0v) is 29.1. The number of benzene rings is 4. The molecule has 0 atom stereocenters. The summed E-state index contributed by atoms with van der Waals surface area (Å²) in [6.45, 7) is 13.0. The van der Waals surface area contributed by atoms with Crippen LogP contribution in [0.1, 0.15) is 59.0 Å². The smallest absolute Gasteiger partial charge is 0.350 e. The van der Waals surface area contributed by atoms with Gasteiger partial charge in [0.15, 0.2) is 5.82 Å². The summed E-state index contributed by atoms with van der Waals surface area (Å²) < 4.78 is 25.4. The molecule has 0 saturated heterocycles. The molecule has 4 aromatic carbocycles. The largest absolute Gasteiger partial charge is 0.400 e. The van der Waals surface area contributed by atoms with Gasteiger partial charge in [-0.1, -0.05) is 101 Å². The summed E-state index contributed by atoms with van der Waals surface area (Å²) in [5.41, 5.74) is 0.825. The molecule has 6 aromatic rings. The van der Waals surface area contributed by atoms with Crippen molar-refractivity contribution in [3.8, 4) is 11.4 Å². The Kier molecular flexibility index (Phi) is 8.89. The minimum absolute atomic E-state index is 0.0662. The van der Waals surface area contributed by atoms with Crippen LogP contribution in [0.2, 0.25) is 5.04 Å². The van der Waals surface area contributed by atoms with Gasteiger partial charge in [-0.2, -0.15) is 14.5 Å². The van der Waals surface area contributed by atoms with E-state index in [9.17, 15) is 14.0 Å². The van der Waals surface area contributed by atoms with Crippen molar-refractivity contribution in [2.45, 2.75) is 65.7 Å². The van der Waals surface area contributed by atoms with Crippen LogP contribution in [-0.4, -0.2) is 32.4 Å². The second-order valence-electron chi connectivity index (χ2n) is 13.3. The maximum absolute atomic E-state index is 14.1. The average Bonchev–Trinajstić information content (AvgIpc) is 3.40. The highest BCUT2D eigenvalue weighted by atomic mass is 28.4. The Labute approximate surface area is 280 Å². The first kappa shape index (κ1) is 33.0. The second-order valence-corrected chi connectivity index (χ2v) is 17.6. The maximum Gasteiger partial charge on any atom is 0.350 e. The van der Waals surface area contributed by atoms with E-state index in [-0.39, 0.29) is 28.8 Å². The third-order valence-electron chi connectivity index (χ3n) is 8.84. The van der Waals surface area contributed by atoms with Gasteiger partial charge in [-0.15, -0.1) is 5.10 Å². The van der Waals surface area contributed by atoms with E-state index in [0.717, 1.165) is 10.4 Å². The Bertz CT molecular complexity index is 2160. The van der Waals surface area contributed by atoms with Gasteiger partial charge in [0.2, 0.25) is 0 Å². The zero-order valence-electron chi connectivity index (χ0n) is 28.1. The van der Waals surface area contributed by atoms with Crippen LogP contribution in [0.3, 0.4) is 0 Å². The quantitative estimate of drug-likeness (QED) is 0.175. The summed E-state index contributed by atoms with van der Waals surface area (Å²) >= 11 is 0. The van der Waals surface area contributed by atoms with Crippen molar-refractivity contribution < 1.29 is 8.82 Å². The van der Waals surface area contributed by atoms with Crippen LogP contribution in [0.15, 0.2) is 113 Å². The molecule has 0 aliphatic heterocycles. The van der Waals surface area contributed by atoms with Gasteiger partial charge in [0.1, 0.15) is 5.82 Å². The van der Waals surface area contributed by atoms with E-state index in [0.29, 0.717) is 40.2 Å². The molecular formula is C38H40FN5O3Si. The third-order valence-corrected chi connectivity index (χ3v) is 13.8. The molecule has 6 rings (SSSR count). The molecule has 0 amide bonds. The lowest BCUT2D eigenvalue weighted by Gasteiger charge is -2.42. The number of rotatable bonds is 9. The summed E-state index contributed by atoms with van der Waals surface area (Å²) in [5, 5.41) is 12.5. The van der Waals surface area contributed by atoms with E-state index in [1.807, 2.05) is 57.2 Å². The molecule has 2 heterocycles. The van der Waals surface area contributed by atoms with Crippen LogP contribution < -0.4 is 21.6 Å². The second kappa shape index (κ2) is 12.9. The average molecular weight is 662 g/mol. The molecule has 0 radical (unpaired) electrons. The van der Waals surface area contributed by atoms with Gasteiger partial charge < -0.3 is 4.43 Å². The van der Waals surface area contributed by atoms with Crippen molar-refractivity contribution in [2.75, 3.05) is 0 Å². The van der Waals surface area contributed by atoms with Crippen LogP contribution in [0.5, 0.6) is 0 Å². The Morgan fingerprint density at radius 1 is 0.771 bits per heavy atom. The highest BCUT2D eigenvalue weighted by molar-refractivity contribution is 6.99. The van der Waals surface area contributed by atoms with Gasteiger partial charge in [-0.3, -0.25) is 9.36 Å². The molecular weight excluding hydrogens is 622 g/mol. The molecule has 0 bridgehead atoms. The highest BCUT2D eigenvalue weighted by Crippen LogP contribution is 2.37. The lowest BCUT2D eigenvalue weighted by atomic mass is 10.0. The molecule has 0 aliphatic carbocycles. The summed E-state index contributed by atoms with van der Waals surface area (Å²) in [6.07, 6.45) is 0. The predicted octanol–water partition coefficient (Wildman–Crippen LogP) is 6.09. The first-order chi connectivity index (χ1) is 23.0. The molecule has 0 fully saturated rings. The minimum Gasteiger partial charge on any atom is -0.400 e. The highest BCUT2D eigenvalue weighted by Gasteiger charge is 2.50. The summed E-state index contributed by atoms with van der Waals surface area (Å²) in [7, 11) is -2.89. The number of hydrogen-bond donors (Lipinski definition) is 0. The maximum atomic E-state index is 14.1. The molecule has 0 spiro atoms. The number of fused-ring (bicyclic) bond motifs is 1. The number of aromatic nitrogens is 5. The van der Waals surface area contributed by atoms with Crippen molar-refractivity contribution in [1.82, 2.24) is 24.1 Å². The molecule has 48 heavy (non-hydrogen) atoms. The monoisotopic (exact) mass is 661 g/mol. The molecule has 2 aromatic heterocycles. The summed E-state index contributed by atoms with van der Waals surface area (Å²) in [4.78, 5) is 27.5. The fourth-order valence-corrected chi connectivity index (χ4v) is 11.1. The van der Waals surface area contributed by atoms with E-state index < -0.39 is 14.1 Å². The normalized spacial score (nSPS) is 12.2. The van der Waals surface area contributed by atoms with Crippen molar-refractivity contribution in [3.63, 3.8) is 0 Å². The number of halogens is 1. The van der Waals surface area contributed by atoms with Gasteiger partial charge in [-0.05, 0) is 64.7 Å². The van der Waals surface area contributed by atoms with Crippen molar-refractivity contribution in [1.29, 1.82) is 0 Å². The predicted molar refractivity (Wildman–Crippen MR) is 191 cm³/mol. The Balaban J connectivity index is 1.45. The van der Waals surface area contributed by atoms with Gasteiger partial charge in [0.25, 0.3) is 13.9 Å². The molecule has 0 N–H and O–H groups in total. The molecule has 0 unspecified atom stereocenters. The Hall–Kier alpha value is -4.93. The third kappa shape index (κ3) is 5.75. The molecule has 0 saturated carbocycles. The molecule has 0 aliphatic rings. The fraction of sp³-hybridized carbons (Fsp3) is 0.263. The van der Waals surface area contributed by atoms with Crippen LogP contribution in [0.4, 0.5) is 4.39 Å². The van der Waals surface area contributed by atoms with Gasteiger partial charge in [-0.25, -0.2) is 9.18 Å². The van der Waals surface area contributed by atoms with Crippen molar-refractivity contribution >= 4 is 29.5 Å². The Morgan fingerprint density at radius 3 is 1.96 bits per heavy atom. The zero-order chi connectivity index (χ0) is 34.2. The minimum atomic E-state index is -2.89. The lowest BCUT2D eigenvalue weighted by Crippen LogP contribution is -2.66. The summed E-state index contributed by atoms with van der Waals surface area (Å²) in [5.74, 6) is -0.00818. The van der Waals surface area contributed by atoms with Crippen molar-refractivity contribution in [3.05, 3.63) is 141 Å². The van der Waals surface area contributed by atoms with Crippen LogP contribution in [0, 0.1) is 5.82 Å². The first-order valence-electron chi connectivity index (χ1n) is 16.2. The van der Waals surface area contributed by atoms with E-state index in [1.165, 1.54) is 21.5 Å². The van der Waals surface area contributed by atoms with Crippen LogP contribution in [-0.2, 0) is 17.6 Å². The van der Waals surface area contributed by atoms with E-state index in [1.54, 1.807) is 34.9 Å². The molecule has 8 nitrogen and oxygen atoms in total. The molecule has 10 heteroatoms. The fourth-order valence-electron chi connectivity index (χ4n) is 6.56. The van der Waals surface area contributed by atoms with Crippen LogP contribution >= 0.6 is 0 Å². The molecule has 246 valence electrons. The first-order valence-corrected chi connectivity index (χ1v) is 18.1. The van der Waals surface area contributed by atoms with Crippen molar-refractivity contribution in [2.24, 2.45) is 0 Å². The Morgan fingerprint density at radius 2 is 1.40 bits per heavy atom. The van der Waals surface area contributed by atoms with E-state index in [4.69, 9.17) is 9.52 Å². The van der Waals surface area contributed by atoms with E-state index in [2.05, 4.69) is 50.1 Å². The van der Waals surface area contributed by atoms with Crippen LogP contribution in [0.25, 0.3) is 22.1 Å². The van der Waals surface area contributed by atoms with E-state index >= 15 is 0 Å². The topological polar surface area (TPSA) is 83.9 Å². The SMILES string of the molecule is CCn1c(CO[Si](c2ccccc2)(c2ccccc2)C(C)(C)C)nn(-c2ccc3c(=O)n(-c4cccc(F)c4)nc(C(C)C)c3c2)c1=O. The number of hydrogen-bond acceptors (Lipinski definition) is 5. The number of nitrogens with zero attached hydrogens (tertiary/aromatic N) is 5.